The third-order valence-corrected chi connectivity index (χ3v) is 5.61. The summed E-state index contributed by atoms with van der Waals surface area (Å²) in [4.78, 5) is 41.8. The van der Waals surface area contributed by atoms with Gasteiger partial charge in [0.1, 0.15) is 22.2 Å². The van der Waals surface area contributed by atoms with Crippen molar-refractivity contribution in [2.75, 3.05) is 18.2 Å². The molecule has 2 aromatic carbocycles. The molecule has 0 atom stereocenters. The number of ether oxygens (including phenoxy) is 1. The van der Waals surface area contributed by atoms with Gasteiger partial charge < -0.3 is 15.2 Å². The summed E-state index contributed by atoms with van der Waals surface area (Å²) in [6.07, 6.45) is 0. The van der Waals surface area contributed by atoms with Gasteiger partial charge in [0.25, 0.3) is 5.56 Å². The SMILES string of the molecule is COc1ccc(N=C(SCC(=O)Nc2ccccc2F)c2c(O)n(C)c(=O)n(C)c2=O)cc1. The highest BCUT2D eigenvalue weighted by molar-refractivity contribution is 8.15. The molecule has 3 aromatic rings. The van der Waals surface area contributed by atoms with Gasteiger partial charge in [0.15, 0.2) is 0 Å². The molecule has 0 aliphatic carbocycles. The summed E-state index contributed by atoms with van der Waals surface area (Å²) in [5, 5.41) is 13.0. The number of carbonyl (C=O) groups excluding carboxylic acids is 1. The van der Waals surface area contributed by atoms with E-state index in [0.29, 0.717) is 11.4 Å². The lowest BCUT2D eigenvalue weighted by atomic mass is 10.3. The van der Waals surface area contributed by atoms with Crippen LogP contribution in [-0.2, 0) is 18.9 Å². The van der Waals surface area contributed by atoms with E-state index in [-0.39, 0.29) is 22.0 Å². The molecule has 0 bridgehead atoms. The van der Waals surface area contributed by atoms with Gasteiger partial charge in [0, 0.05) is 14.1 Å². The van der Waals surface area contributed by atoms with E-state index in [9.17, 15) is 23.9 Å². The molecule has 0 aliphatic heterocycles. The van der Waals surface area contributed by atoms with Crippen LogP contribution in [0.1, 0.15) is 5.56 Å². The Morgan fingerprint density at radius 2 is 1.79 bits per heavy atom. The van der Waals surface area contributed by atoms with Crippen molar-refractivity contribution in [2.45, 2.75) is 0 Å². The second-order valence-corrected chi connectivity index (χ2v) is 7.80. The molecule has 0 saturated heterocycles. The highest BCUT2D eigenvalue weighted by Crippen LogP contribution is 2.25. The number of benzene rings is 2. The molecule has 172 valence electrons. The van der Waals surface area contributed by atoms with Gasteiger partial charge in [0.2, 0.25) is 11.8 Å². The van der Waals surface area contributed by atoms with Gasteiger partial charge in [-0.25, -0.2) is 14.2 Å². The lowest BCUT2D eigenvalue weighted by Crippen LogP contribution is -2.39. The van der Waals surface area contributed by atoms with Crippen molar-refractivity contribution in [1.82, 2.24) is 9.13 Å². The molecule has 11 heteroatoms. The predicted octanol–water partition coefficient (Wildman–Crippen LogP) is 2.39. The second kappa shape index (κ2) is 10.2. The van der Waals surface area contributed by atoms with Crippen LogP contribution in [0.3, 0.4) is 0 Å². The van der Waals surface area contributed by atoms with Gasteiger partial charge in [0.05, 0.1) is 24.2 Å². The summed E-state index contributed by atoms with van der Waals surface area (Å²) in [7, 11) is 4.09. The molecular formula is C22H21FN4O5S. The van der Waals surface area contributed by atoms with Gasteiger partial charge in [-0.2, -0.15) is 0 Å². The van der Waals surface area contributed by atoms with Crippen molar-refractivity contribution in [3.8, 4) is 11.6 Å². The van der Waals surface area contributed by atoms with Gasteiger partial charge in [-0.1, -0.05) is 23.9 Å². The number of aromatic nitrogens is 2. The summed E-state index contributed by atoms with van der Waals surface area (Å²) in [6, 6.07) is 12.3. The van der Waals surface area contributed by atoms with E-state index in [1.54, 1.807) is 30.3 Å². The number of hydrogen-bond acceptors (Lipinski definition) is 7. The van der Waals surface area contributed by atoms with Crippen molar-refractivity contribution in [2.24, 2.45) is 19.1 Å². The molecule has 1 heterocycles. The summed E-state index contributed by atoms with van der Waals surface area (Å²) in [6.45, 7) is 0. The maximum Gasteiger partial charge on any atom is 0.333 e. The molecule has 1 amide bonds. The van der Waals surface area contributed by atoms with Crippen molar-refractivity contribution >= 4 is 34.1 Å². The van der Waals surface area contributed by atoms with Gasteiger partial charge in [-0.05, 0) is 36.4 Å². The molecule has 0 spiro atoms. The smallest absolute Gasteiger partial charge is 0.333 e. The first kappa shape index (κ1) is 23.8. The fraction of sp³-hybridized carbons (Fsp3) is 0.182. The van der Waals surface area contributed by atoms with Crippen LogP contribution >= 0.6 is 11.8 Å². The van der Waals surface area contributed by atoms with E-state index < -0.39 is 28.9 Å². The van der Waals surface area contributed by atoms with Crippen LogP contribution in [0.5, 0.6) is 11.6 Å². The Bertz CT molecular complexity index is 1330. The fourth-order valence-electron chi connectivity index (χ4n) is 2.84. The number of halogens is 1. The van der Waals surface area contributed by atoms with Crippen molar-refractivity contribution < 1.29 is 19.0 Å². The zero-order valence-corrected chi connectivity index (χ0v) is 18.9. The molecule has 1 aromatic heterocycles. The number of para-hydroxylation sites is 1. The van der Waals surface area contributed by atoms with Gasteiger partial charge >= 0.3 is 5.69 Å². The minimum Gasteiger partial charge on any atom is -0.497 e. The molecular weight excluding hydrogens is 451 g/mol. The van der Waals surface area contributed by atoms with Gasteiger partial charge in [-0.3, -0.25) is 18.7 Å². The van der Waals surface area contributed by atoms with Crippen molar-refractivity contribution in [3.63, 3.8) is 0 Å². The van der Waals surface area contributed by atoms with E-state index >= 15 is 0 Å². The largest absolute Gasteiger partial charge is 0.497 e. The number of aromatic hydroxyl groups is 1. The molecule has 0 fully saturated rings. The fourth-order valence-corrected chi connectivity index (χ4v) is 3.67. The quantitative estimate of drug-likeness (QED) is 0.421. The Morgan fingerprint density at radius 3 is 2.42 bits per heavy atom. The Morgan fingerprint density at radius 1 is 1.12 bits per heavy atom. The highest BCUT2D eigenvalue weighted by Gasteiger charge is 2.22. The first-order valence-electron chi connectivity index (χ1n) is 9.62. The Balaban J connectivity index is 1.99. The number of methoxy groups -OCH3 is 1. The van der Waals surface area contributed by atoms with Crippen LogP contribution in [0.2, 0.25) is 0 Å². The number of aliphatic imine (C=N–C) groups is 1. The van der Waals surface area contributed by atoms with Crippen LogP contribution in [-0.4, -0.2) is 38.1 Å². The molecule has 0 aliphatic rings. The minimum atomic E-state index is -0.773. The lowest BCUT2D eigenvalue weighted by Gasteiger charge is -2.13. The monoisotopic (exact) mass is 472 g/mol. The molecule has 9 nitrogen and oxygen atoms in total. The van der Waals surface area contributed by atoms with E-state index in [1.807, 2.05) is 0 Å². The zero-order chi connectivity index (χ0) is 24.1. The molecule has 0 unspecified atom stereocenters. The zero-order valence-electron chi connectivity index (χ0n) is 18.0. The lowest BCUT2D eigenvalue weighted by molar-refractivity contribution is -0.113. The highest BCUT2D eigenvalue weighted by atomic mass is 32.2. The topological polar surface area (TPSA) is 115 Å². The summed E-state index contributed by atoms with van der Waals surface area (Å²) >= 11 is 0.860. The number of nitrogens with one attached hydrogen (secondary N) is 1. The number of amides is 1. The van der Waals surface area contributed by atoms with Crippen LogP contribution in [0.4, 0.5) is 15.8 Å². The average Bonchev–Trinajstić information content (AvgIpc) is 2.82. The van der Waals surface area contributed by atoms with E-state index in [0.717, 1.165) is 20.9 Å². The molecule has 3 rings (SSSR count). The summed E-state index contributed by atoms with van der Waals surface area (Å²) in [5.41, 5.74) is -1.29. The molecule has 0 radical (unpaired) electrons. The van der Waals surface area contributed by atoms with Crippen molar-refractivity contribution in [3.05, 3.63) is 80.7 Å². The van der Waals surface area contributed by atoms with Crippen LogP contribution in [0.15, 0.2) is 63.1 Å². The maximum absolute atomic E-state index is 13.8. The minimum absolute atomic E-state index is 0.0116. The Labute approximate surface area is 192 Å². The maximum atomic E-state index is 13.8. The van der Waals surface area contributed by atoms with Gasteiger partial charge in [-0.15, -0.1) is 0 Å². The van der Waals surface area contributed by atoms with Crippen LogP contribution < -0.4 is 21.3 Å². The molecule has 0 saturated carbocycles. The van der Waals surface area contributed by atoms with E-state index in [4.69, 9.17) is 4.74 Å². The third-order valence-electron chi connectivity index (χ3n) is 4.64. The first-order valence-corrected chi connectivity index (χ1v) is 10.6. The number of rotatable bonds is 6. The number of thioether (sulfide) groups is 1. The normalized spacial score (nSPS) is 11.3. The molecule has 33 heavy (non-hydrogen) atoms. The summed E-state index contributed by atoms with van der Waals surface area (Å²) in [5.74, 6) is -1.37. The van der Waals surface area contributed by atoms with E-state index in [2.05, 4.69) is 10.3 Å². The van der Waals surface area contributed by atoms with Crippen molar-refractivity contribution in [1.29, 1.82) is 0 Å². The first-order chi connectivity index (χ1) is 15.7. The van der Waals surface area contributed by atoms with Crippen LogP contribution in [0, 0.1) is 5.82 Å². The Kier molecular flexibility index (Phi) is 7.34. The number of nitrogens with zero attached hydrogens (tertiary/aromatic N) is 3. The summed E-state index contributed by atoms with van der Waals surface area (Å²) < 4.78 is 20.7. The average molecular weight is 472 g/mol. The van der Waals surface area contributed by atoms with Crippen LogP contribution in [0.25, 0.3) is 0 Å². The number of carbonyl (C=O) groups is 1. The Hall–Kier alpha value is -3.86. The predicted molar refractivity (Wildman–Crippen MR) is 125 cm³/mol. The molecule has 2 N–H and O–H groups in total. The standard InChI is InChI=1S/C22H21FN4O5S/c1-26-20(29)18(21(30)27(2)22(26)31)19(24-13-8-10-14(32-3)11-9-13)33-12-17(28)25-16-7-5-4-6-15(16)23/h4-11,29H,12H2,1-3H3,(H,25,28). The number of hydrogen-bond donors (Lipinski definition) is 2. The van der Waals surface area contributed by atoms with E-state index in [1.165, 1.54) is 39.4 Å². The third kappa shape index (κ3) is 5.32. The number of anilines is 1. The second-order valence-electron chi connectivity index (χ2n) is 6.84.